The smallest absolute Gasteiger partial charge is 0.237 e. The quantitative estimate of drug-likeness (QED) is 0.853. The third-order valence-electron chi connectivity index (χ3n) is 4.57. The van der Waals surface area contributed by atoms with Crippen molar-refractivity contribution in [2.45, 2.75) is 25.1 Å². The van der Waals surface area contributed by atoms with E-state index in [0.29, 0.717) is 6.54 Å². The Morgan fingerprint density at radius 1 is 1.28 bits per heavy atom. The van der Waals surface area contributed by atoms with Crippen molar-refractivity contribution in [1.29, 1.82) is 0 Å². The van der Waals surface area contributed by atoms with E-state index < -0.39 is 0 Å². The number of nitrogens with one attached hydrogen (secondary N) is 1. The summed E-state index contributed by atoms with van der Waals surface area (Å²) in [6.45, 7) is 1.19. The highest BCUT2D eigenvalue weighted by Gasteiger charge is 2.34. The van der Waals surface area contributed by atoms with Gasteiger partial charge in [-0.15, -0.1) is 0 Å². The van der Waals surface area contributed by atoms with Gasteiger partial charge >= 0.3 is 0 Å². The van der Waals surface area contributed by atoms with E-state index in [2.05, 4.69) is 10.4 Å². The molecule has 3 rings (SSSR count). The molecule has 0 bridgehead atoms. The molecule has 25 heavy (non-hydrogen) atoms. The van der Waals surface area contributed by atoms with E-state index >= 15 is 0 Å². The van der Waals surface area contributed by atoms with Crippen LogP contribution in [0, 0.1) is 0 Å². The summed E-state index contributed by atoms with van der Waals surface area (Å²) in [4.78, 5) is 14.4. The Bertz CT molecular complexity index is 713. The molecule has 1 aromatic heterocycles. The first-order chi connectivity index (χ1) is 12.1. The molecule has 7 nitrogen and oxygen atoms in total. The molecule has 2 atom stereocenters. The van der Waals surface area contributed by atoms with Gasteiger partial charge in [0.05, 0.1) is 37.2 Å². The molecule has 0 aliphatic carbocycles. The topological polar surface area (TPSA) is 68.6 Å². The second kappa shape index (κ2) is 7.67. The van der Waals surface area contributed by atoms with Gasteiger partial charge in [0.2, 0.25) is 5.91 Å². The van der Waals surface area contributed by atoms with Crippen LogP contribution in [0.5, 0.6) is 5.75 Å². The Kier molecular flexibility index (Phi) is 5.35. The largest absolute Gasteiger partial charge is 0.497 e. The van der Waals surface area contributed by atoms with Crippen molar-refractivity contribution < 1.29 is 14.3 Å². The number of rotatable bonds is 6. The summed E-state index contributed by atoms with van der Waals surface area (Å²) in [6.07, 6.45) is 2.72. The zero-order valence-electron chi connectivity index (χ0n) is 14.8. The molecule has 0 saturated carbocycles. The second-order valence-corrected chi connectivity index (χ2v) is 6.22. The van der Waals surface area contributed by atoms with Crippen molar-refractivity contribution in [3.63, 3.8) is 0 Å². The van der Waals surface area contributed by atoms with Crippen molar-refractivity contribution in [3.05, 3.63) is 42.2 Å². The van der Waals surface area contributed by atoms with Crippen molar-refractivity contribution in [1.82, 2.24) is 20.0 Å². The number of methoxy groups -OCH3 is 2. The number of amides is 1. The van der Waals surface area contributed by atoms with Crippen molar-refractivity contribution in [2.75, 3.05) is 27.8 Å². The van der Waals surface area contributed by atoms with Crippen LogP contribution < -0.4 is 10.1 Å². The zero-order chi connectivity index (χ0) is 17.8. The molecule has 0 unspecified atom stereocenters. The van der Waals surface area contributed by atoms with Crippen LogP contribution in [0.15, 0.2) is 36.5 Å². The van der Waals surface area contributed by atoms with Crippen LogP contribution in [0.25, 0.3) is 5.69 Å². The van der Waals surface area contributed by atoms with Crippen molar-refractivity contribution in [3.8, 4) is 11.4 Å². The van der Waals surface area contributed by atoms with Gasteiger partial charge in [0.25, 0.3) is 0 Å². The summed E-state index contributed by atoms with van der Waals surface area (Å²) < 4.78 is 12.3. The molecule has 1 N–H and O–H groups in total. The van der Waals surface area contributed by atoms with Gasteiger partial charge in [0.15, 0.2) is 0 Å². The number of carbonyl (C=O) groups excluding carboxylic acids is 1. The van der Waals surface area contributed by atoms with Crippen LogP contribution >= 0.6 is 0 Å². The normalized spacial score (nSPS) is 20.6. The van der Waals surface area contributed by atoms with Gasteiger partial charge in [-0.1, -0.05) is 0 Å². The summed E-state index contributed by atoms with van der Waals surface area (Å²) in [7, 11) is 5.27. The molecule has 1 aliphatic heterocycles. The maximum Gasteiger partial charge on any atom is 0.237 e. The Balaban J connectivity index is 1.57. The van der Waals surface area contributed by atoms with Gasteiger partial charge in [-0.3, -0.25) is 9.69 Å². The molecule has 134 valence electrons. The first-order valence-corrected chi connectivity index (χ1v) is 8.30. The molecule has 0 spiro atoms. The molecule has 1 aliphatic rings. The number of aromatic nitrogens is 2. The molecule has 1 aromatic carbocycles. The summed E-state index contributed by atoms with van der Waals surface area (Å²) >= 11 is 0. The first kappa shape index (κ1) is 17.4. The molecular weight excluding hydrogens is 320 g/mol. The van der Waals surface area contributed by atoms with Gasteiger partial charge in [-0.05, 0) is 43.8 Å². The van der Waals surface area contributed by atoms with Gasteiger partial charge in [0, 0.05) is 19.9 Å². The van der Waals surface area contributed by atoms with E-state index in [1.165, 1.54) is 0 Å². The minimum atomic E-state index is -0.145. The van der Waals surface area contributed by atoms with Crippen LogP contribution in [0.3, 0.4) is 0 Å². The highest BCUT2D eigenvalue weighted by atomic mass is 16.5. The van der Waals surface area contributed by atoms with Crippen LogP contribution in [-0.2, 0) is 16.1 Å². The number of nitrogens with zero attached hydrogens (tertiary/aromatic N) is 3. The van der Waals surface area contributed by atoms with E-state index in [-0.39, 0.29) is 18.1 Å². The van der Waals surface area contributed by atoms with E-state index in [1.54, 1.807) is 18.9 Å². The maximum absolute atomic E-state index is 12.4. The SMILES string of the molecule is COc1ccc(-n2ccc(CNC(=O)[C@@H]3C[C@H](OC)CN3C)n2)cc1. The first-order valence-electron chi connectivity index (χ1n) is 8.30. The van der Waals surface area contributed by atoms with E-state index in [4.69, 9.17) is 9.47 Å². The average Bonchev–Trinajstić information content (AvgIpc) is 3.26. The predicted molar refractivity (Wildman–Crippen MR) is 93.8 cm³/mol. The second-order valence-electron chi connectivity index (χ2n) is 6.22. The fraction of sp³-hybridized carbons (Fsp3) is 0.444. The number of hydrogen-bond acceptors (Lipinski definition) is 5. The Morgan fingerprint density at radius 2 is 2.04 bits per heavy atom. The third kappa shape index (κ3) is 4.00. The number of likely N-dealkylation sites (N-methyl/N-ethyl adjacent to an activating group) is 1. The lowest BCUT2D eigenvalue weighted by Crippen LogP contribution is -2.41. The van der Waals surface area contributed by atoms with Gasteiger partial charge in [-0.2, -0.15) is 5.10 Å². The monoisotopic (exact) mass is 344 g/mol. The van der Waals surface area contributed by atoms with E-state index in [1.807, 2.05) is 48.5 Å². The lowest BCUT2D eigenvalue weighted by Gasteiger charge is -2.17. The maximum atomic E-state index is 12.4. The number of hydrogen-bond donors (Lipinski definition) is 1. The lowest BCUT2D eigenvalue weighted by atomic mass is 10.2. The molecule has 2 aromatic rings. The van der Waals surface area contributed by atoms with E-state index in [0.717, 1.165) is 30.1 Å². The van der Waals surface area contributed by atoms with Crippen LogP contribution in [0.2, 0.25) is 0 Å². The molecule has 2 heterocycles. The number of carbonyl (C=O) groups is 1. The Labute approximate surface area is 147 Å². The number of ether oxygens (including phenoxy) is 2. The summed E-state index contributed by atoms with van der Waals surface area (Å²) in [5, 5.41) is 7.47. The van der Waals surface area contributed by atoms with Gasteiger partial charge in [0.1, 0.15) is 5.75 Å². The standard InChI is InChI=1S/C18H24N4O3/c1-21-12-16(25-3)10-17(21)18(23)19-11-13-8-9-22(20-13)14-4-6-15(24-2)7-5-14/h4-9,16-17H,10-12H2,1-3H3,(H,19,23)/t16-,17-/m0/s1. The van der Waals surface area contributed by atoms with Crippen molar-refractivity contribution >= 4 is 5.91 Å². The fourth-order valence-electron chi connectivity index (χ4n) is 3.06. The Morgan fingerprint density at radius 3 is 2.68 bits per heavy atom. The lowest BCUT2D eigenvalue weighted by molar-refractivity contribution is -0.125. The Hall–Kier alpha value is -2.38. The highest BCUT2D eigenvalue weighted by molar-refractivity contribution is 5.82. The zero-order valence-corrected chi connectivity index (χ0v) is 14.8. The minimum absolute atomic E-state index is 0.0149. The third-order valence-corrected chi connectivity index (χ3v) is 4.57. The highest BCUT2D eigenvalue weighted by Crippen LogP contribution is 2.18. The average molecular weight is 344 g/mol. The predicted octanol–water partition coefficient (Wildman–Crippen LogP) is 1.22. The summed E-state index contributed by atoms with van der Waals surface area (Å²) in [5.41, 5.74) is 1.75. The molecular formula is C18H24N4O3. The van der Waals surface area contributed by atoms with Crippen LogP contribution in [-0.4, -0.2) is 60.5 Å². The van der Waals surface area contributed by atoms with Crippen LogP contribution in [0.1, 0.15) is 12.1 Å². The number of likely N-dealkylation sites (tertiary alicyclic amines) is 1. The summed E-state index contributed by atoms with van der Waals surface area (Å²) in [5.74, 6) is 0.819. The summed E-state index contributed by atoms with van der Waals surface area (Å²) in [6, 6.07) is 9.41. The molecule has 7 heteroatoms. The minimum Gasteiger partial charge on any atom is -0.497 e. The fourth-order valence-corrected chi connectivity index (χ4v) is 3.06. The van der Waals surface area contributed by atoms with Gasteiger partial charge in [-0.25, -0.2) is 4.68 Å². The molecule has 1 fully saturated rings. The molecule has 1 amide bonds. The number of benzene rings is 1. The van der Waals surface area contributed by atoms with E-state index in [9.17, 15) is 4.79 Å². The molecule has 0 radical (unpaired) electrons. The van der Waals surface area contributed by atoms with Crippen LogP contribution in [0.4, 0.5) is 0 Å². The van der Waals surface area contributed by atoms with Crippen molar-refractivity contribution in [2.24, 2.45) is 0 Å². The van der Waals surface area contributed by atoms with Gasteiger partial charge < -0.3 is 14.8 Å². The molecule has 1 saturated heterocycles.